The first-order valence-corrected chi connectivity index (χ1v) is 12.0. The van der Waals surface area contributed by atoms with Gasteiger partial charge in [-0.05, 0) is 47.9 Å². The monoisotopic (exact) mass is 450 g/mol. The molecule has 2 heterocycles. The molecule has 0 unspecified atom stereocenters. The zero-order valence-electron chi connectivity index (χ0n) is 18.9. The minimum atomic E-state index is 0.161. The minimum absolute atomic E-state index is 0.161. The lowest BCUT2D eigenvalue weighted by Gasteiger charge is -2.36. The van der Waals surface area contributed by atoms with Gasteiger partial charge in [-0.2, -0.15) is 0 Å². The maximum absolute atomic E-state index is 12.8. The van der Waals surface area contributed by atoms with Crippen molar-refractivity contribution >= 4 is 23.4 Å². The first-order valence-electron chi connectivity index (χ1n) is 11.0. The molecule has 32 heavy (non-hydrogen) atoms. The molecule has 0 radical (unpaired) electrons. The number of aromatic nitrogens is 2. The third kappa shape index (κ3) is 5.10. The number of nitrogens with zero attached hydrogens (tertiary/aromatic N) is 4. The highest BCUT2D eigenvalue weighted by atomic mass is 32.2. The van der Waals surface area contributed by atoms with E-state index in [-0.39, 0.29) is 5.91 Å². The average Bonchev–Trinajstić information content (AvgIpc) is 3.31. The average molecular weight is 451 g/mol. The summed E-state index contributed by atoms with van der Waals surface area (Å²) in [5.41, 5.74) is 3.54. The summed E-state index contributed by atoms with van der Waals surface area (Å²) in [6, 6.07) is 16.6. The molecule has 2 aromatic carbocycles. The van der Waals surface area contributed by atoms with Crippen LogP contribution in [0.1, 0.15) is 25.3 Å². The van der Waals surface area contributed by atoms with Crippen LogP contribution < -0.4 is 9.64 Å². The first kappa shape index (κ1) is 22.3. The molecule has 0 spiro atoms. The molecular formula is C25H30N4O2S. The van der Waals surface area contributed by atoms with Crippen molar-refractivity contribution in [3.63, 3.8) is 0 Å². The molecule has 3 aromatic rings. The summed E-state index contributed by atoms with van der Waals surface area (Å²) in [6.07, 6.45) is 3.74. The van der Waals surface area contributed by atoms with E-state index in [1.165, 1.54) is 17.3 Å². The van der Waals surface area contributed by atoms with Crippen LogP contribution in [-0.4, -0.2) is 59.4 Å². The van der Waals surface area contributed by atoms with E-state index < -0.39 is 0 Å². The molecule has 7 heteroatoms. The number of rotatable bonds is 7. The Kier molecular flexibility index (Phi) is 7.05. The Balaban J connectivity index is 1.31. The number of amides is 1. The van der Waals surface area contributed by atoms with Crippen molar-refractivity contribution in [1.82, 2.24) is 14.5 Å². The van der Waals surface area contributed by atoms with E-state index in [0.29, 0.717) is 11.7 Å². The van der Waals surface area contributed by atoms with Gasteiger partial charge in [-0.25, -0.2) is 4.98 Å². The molecule has 6 nitrogen and oxygen atoms in total. The summed E-state index contributed by atoms with van der Waals surface area (Å²) in [6.45, 7) is 7.51. The third-order valence-corrected chi connectivity index (χ3v) is 6.79. The molecule has 1 amide bonds. The van der Waals surface area contributed by atoms with Gasteiger partial charge in [0.25, 0.3) is 0 Å². The normalized spacial score (nSPS) is 14.1. The van der Waals surface area contributed by atoms with Crippen molar-refractivity contribution in [3.05, 3.63) is 66.5 Å². The van der Waals surface area contributed by atoms with Crippen LogP contribution in [-0.2, 0) is 4.79 Å². The maximum Gasteiger partial charge on any atom is 0.233 e. The van der Waals surface area contributed by atoms with Crippen LogP contribution in [0.25, 0.3) is 5.69 Å². The Hall–Kier alpha value is -2.93. The van der Waals surface area contributed by atoms with Crippen LogP contribution in [0.4, 0.5) is 5.69 Å². The van der Waals surface area contributed by atoms with Gasteiger partial charge in [0.15, 0.2) is 5.16 Å². The highest BCUT2D eigenvalue weighted by molar-refractivity contribution is 7.99. The Morgan fingerprint density at radius 1 is 1.00 bits per heavy atom. The molecular weight excluding hydrogens is 420 g/mol. The Morgan fingerprint density at radius 2 is 1.66 bits per heavy atom. The van der Waals surface area contributed by atoms with Crippen molar-refractivity contribution < 1.29 is 9.53 Å². The lowest BCUT2D eigenvalue weighted by molar-refractivity contribution is -0.128. The van der Waals surface area contributed by atoms with Crippen LogP contribution in [0.15, 0.2) is 66.1 Å². The summed E-state index contributed by atoms with van der Waals surface area (Å²) >= 11 is 1.50. The smallest absolute Gasteiger partial charge is 0.233 e. The second-order valence-corrected chi connectivity index (χ2v) is 9.12. The predicted octanol–water partition coefficient (Wildman–Crippen LogP) is 4.45. The van der Waals surface area contributed by atoms with Crippen LogP contribution in [0, 0.1) is 0 Å². The fraction of sp³-hybridized carbons (Fsp3) is 0.360. The lowest BCUT2D eigenvalue weighted by Crippen LogP contribution is -2.49. The topological polar surface area (TPSA) is 50.6 Å². The van der Waals surface area contributed by atoms with Gasteiger partial charge < -0.3 is 14.5 Å². The van der Waals surface area contributed by atoms with E-state index in [0.717, 1.165) is 48.5 Å². The zero-order valence-corrected chi connectivity index (χ0v) is 19.7. The lowest BCUT2D eigenvalue weighted by atomic mass is 10.0. The zero-order chi connectivity index (χ0) is 22.5. The van der Waals surface area contributed by atoms with Gasteiger partial charge in [0.05, 0.1) is 12.9 Å². The van der Waals surface area contributed by atoms with E-state index in [2.05, 4.69) is 60.1 Å². The van der Waals surface area contributed by atoms with Crippen molar-refractivity contribution in [1.29, 1.82) is 0 Å². The molecule has 0 atom stereocenters. The third-order valence-electron chi connectivity index (χ3n) is 5.84. The van der Waals surface area contributed by atoms with E-state index in [4.69, 9.17) is 4.74 Å². The molecule has 0 saturated carbocycles. The van der Waals surface area contributed by atoms with Crippen LogP contribution >= 0.6 is 11.8 Å². The Morgan fingerprint density at radius 3 is 2.28 bits per heavy atom. The standard InChI is InChI=1S/C25H30N4O2S/c1-19(2)20-4-6-22(7-5-20)29-13-12-26-25(29)32-18-24(30)28-16-14-27(15-17-28)21-8-10-23(31-3)11-9-21/h4-13,19H,14-18H2,1-3H3. The molecule has 1 saturated heterocycles. The number of hydrogen-bond acceptors (Lipinski definition) is 5. The van der Waals surface area contributed by atoms with Crippen LogP contribution in [0.5, 0.6) is 5.75 Å². The van der Waals surface area contributed by atoms with Gasteiger partial charge in [-0.1, -0.05) is 37.7 Å². The van der Waals surface area contributed by atoms with Gasteiger partial charge >= 0.3 is 0 Å². The Labute approximate surface area is 194 Å². The summed E-state index contributed by atoms with van der Waals surface area (Å²) in [5, 5.41) is 0.840. The number of carbonyl (C=O) groups is 1. The second-order valence-electron chi connectivity index (χ2n) is 8.18. The molecule has 1 fully saturated rings. The summed E-state index contributed by atoms with van der Waals surface area (Å²) in [5.74, 6) is 1.91. The quantitative estimate of drug-likeness (QED) is 0.498. The van der Waals surface area contributed by atoms with Crippen molar-refractivity contribution in [2.75, 3.05) is 43.9 Å². The molecule has 1 aromatic heterocycles. The van der Waals surface area contributed by atoms with Gasteiger partial charge in [0.1, 0.15) is 5.75 Å². The van der Waals surface area contributed by atoms with Gasteiger partial charge in [0.2, 0.25) is 5.91 Å². The number of thioether (sulfide) groups is 1. The highest BCUT2D eigenvalue weighted by Gasteiger charge is 2.22. The fourth-order valence-corrected chi connectivity index (χ4v) is 4.71. The predicted molar refractivity (Wildman–Crippen MR) is 130 cm³/mol. The number of piperazine rings is 1. The van der Waals surface area contributed by atoms with E-state index in [9.17, 15) is 4.79 Å². The molecule has 4 rings (SSSR count). The molecule has 0 bridgehead atoms. The van der Waals surface area contributed by atoms with Gasteiger partial charge in [-0.15, -0.1) is 0 Å². The summed E-state index contributed by atoms with van der Waals surface area (Å²) in [4.78, 5) is 21.6. The van der Waals surface area contributed by atoms with Crippen LogP contribution in [0.2, 0.25) is 0 Å². The molecule has 1 aliphatic heterocycles. The Bertz CT molecular complexity index is 1020. The van der Waals surface area contributed by atoms with Gasteiger partial charge in [-0.3, -0.25) is 9.36 Å². The van der Waals surface area contributed by atoms with E-state index in [1.54, 1.807) is 13.3 Å². The molecule has 0 aliphatic carbocycles. The van der Waals surface area contributed by atoms with Crippen molar-refractivity contribution in [2.24, 2.45) is 0 Å². The largest absolute Gasteiger partial charge is 0.497 e. The number of carbonyl (C=O) groups excluding carboxylic acids is 1. The van der Waals surface area contributed by atoms with Gasteiger partial charge in [0, 0.05) is 49.9 Å². The number of imidazole rings is 1. The summed E-state index contributed by atoms with van der Waals surface area (Å²) < 4.78 is 7.28. The fourth-order valence-electron chi connectivity index (χ4n) is 3.84. The molecule has 1 aliphatic rings. The minimum Gasteiger partial charge on any atom is -0.497 e. The van der Waals surface area contributed by atoms with E-state index >= 15 is 0 Å². The van der Waals surface area contributed by atoms with Crippen molar-refractivity contribution in [2.45, 2.75) is 24.9 Å². The summed E-state index contributed by atoms with van der Waals surface area (Å²) in [7, 11) is 1.67. The number of hydrogen-bond donors (Lipinski definition) is 0. The second kappa shape index (κ2) is 10.1. The first-order chi connectivity index (χ1) is 15.5. The van der Waals surface area contributed by atoms with Crippen molar-refractivity contribution in [3.8, 4) is 11.4 Å². The number of ether oxygens (including phenoxy) is 1. The highest BCUT2D eigenvalue weighted by Crippen LogP contribution is 2.24. The number of methoxy groups -OCH3 is 1. The number of benzene rings is 2. The molecule has 168 valence electrons. The van der Waals surface area contributed by atoms with Crippen LogP contribution in [0.3, 0.4) is 0 Å². The van der Waals surface area contributed by atoms with E-state index in [1.807, 2.05) is 27.8 Å². The molecule has 0 N–H and O–H groups in total. The number of anilines is 1. The SMILES string of the molecule is COc1ccc(N2CCN(C(=O)CSc3nccn3-c3ccc(C(C)C)cc3)CC2)cc1. The maximum atomic E-state index is 12.8.